The van der Waals surface area contributed by atoms with Crippen LogP contribution in [0.4, 0.5) is 0 Å². The molecule has 0 aromatic heterocycles. The molecule has 0 aromatic carbocycles. The summed E-state index contributed by atoms with van der Waals surface area (Å²) in [4.78, 5) is 0. The minimum atomic E-state index is 0.651. The molecule has 0 radical (unpaired) electrons. The molecule has 0 nitrogen and oxygen atoms in total. The maximum atomic E-state index is 2.67. The van der Waals surface area contributed by atoms with E-state index < -0.39 is 0 Å². The van der Waals surface area contributed by atoms with Crippen LogP contribution in [0.5, 0.6) is 0 Å². The Morgan fingerprint density at radius 3 is 2.76 bits per heavy atom. The molecular weight excluding hydrogens is 252 g/mol. The fraction of sp³-hybridized carbons (Fsp3) is 0.905. The lowest BCUT2D eigenvalue weighted by atomic mass is 9.45. The number of hydrogen-bond donors (Lipinski definition) is 0. The molecule has 4 rings (SSSR count). The molecule has 0 saturated heterocycles. The smallest absolute Gasteiger partial charge is 0.0229 e. The van der Waals surface area contributed by atoms with Gasteiger partial charge in [0.05, 0.1) is 0 Å². The van der Waals surface area contributed by atoms with Crippen LogP contribution >= 0.6 is 0 Å². The van der Waals surface area contributed by atoms with Crippen LogP contribution in [-0.4, -0.2) is 0 Å². The summed E-state index contributed by atoms with van der Waals surface area (Å²) in [6.45, 7) is 5.08. The Hall–Kier alpha value is -0.260. The van der Waals surface area contributed by atoms with Crippen LogP contribution in [0.1, 0.15) is 84.5 Å². The van der Waals surface area contributed by atoms with Gasteiger partial charge in [-0.25, -0.2) is 0 Å². The summed E-state index contributed by atoms with van der Waals surface area (Å²) in [5.74, 6) is 4.23. The lowest BCUT2D eigenvalue weighted by Crippen LogP contribution is -2.51. The van der Waals surface area contributed by atoms with E-state index in [2.05, 4.69) is 26.0 Å². The molecule has 0 spiro atoms. The van der Waals surface area contributed by atoms with Crippen LogP contribution < -0.4 is 0 Å². The molecule has 0 aliphatic heterocycles. The lowest BCUT2D eigenvalue weighted by molar-refractivity contribution is -0.0942. The van der Waals surface area contributed by atoms with Crippen LogP contribution in [0.25, 0.3) is 0 Å². The Labute approximate surface area is 131 Å². The summed E-state index contributed by atoms with van der Waals surface area (Å²) in [7, 11) is 0. The van der Waals surface area contributed by atoms with Gasteiger partial charge in [0.15, 0.2) is 0 Å². The zero-order valence-corrected chi connectivity index (χ0v) is 14.2. The highest BCUT2D eigenvalue weighted by atomic mass is 14.6. The second-order valence-corrected chi connectivity index (χ2v) is 9.11. The Morgan fingerprint density at radius 1 is 1.00 bits per heavy atom. The van der Waals surface area contributed by atoms with Crippen LogP contribution in [0.2, 0.25) is 0 Å². The second-order valence-electron chi connectivity index (χ2n) is 9.11. The van der Waals surface area contributed by atoms with E-state index in [1.807, 2.05) is 0 Å². The number of allylic oxidation sites excluding steroid dienone is 2. The van der Waals surface area contributed by atoms with Gasteiger partial charge in [0.2, 0.25) is 0 Å². The van der Waals surface area contributed by atoms with Crippen LogP contribution in [0.15, 0.2) is 12.2 Å². The third-order valence-electron chi connectivity index (χ3n) is 8.48. The van der Waals surface area contributed by atoms with E-state index in [1.165, 1.54) is 38.5 Å². The van der Waals surface area contributed by atoms with Gasteiger partial charge in [-0.2, -0.15) is 0 Å². The largest absolute Gasteiger partial charge is 0.0882 e. The summed E-state index contributed by atoms with van der Waals surface area (Å²) >= 11 is 0. The van der Waals surface area contributed by atoms with E-state index in [-0.39, 0.29) is 0 Å². The van der Waals surface area contributed by atoms with Gasteiger partial charge in [-0.1, -0.05) is 38.8 Å². The van der Waals surface area contributed by atoms with Crippen molar-refractivity contribution in [3.63, 3.8) is 0 Å². The lowest BCUT2D eigenvalue weighted by Gasteiger charge is -2.59. The highest BCUT2D eigenvalue weighted by Gasteiger charge is 2.57. The molecule has 0 N–H and O–H groups in total. The highest BCUT2D eigenvalue weighted by molar-refractivity contribution is 5.11. The molecule has 21 heavy (non-hydrogen) atoms. The monoisotopic (exact) mass is 286 g/mol. The fourth-order valence-electron chi connectivity index (χ4n) is 7.57. The molecule has 118 valence electrons. The van der Waals surface area contributed by atoms with Gasteiger partial charge in [0.25, 0.3) is 0 Å². The molecule has 3 saturated carbocycles. The standard InChI is InChI=1S/C21H34/c1-3-12-21-14-6-8-19(21)17-10-9-16-7-4-5-13-20(16,2)18(17)11-15-21/h4-5,16-19H,3,6-15H2,1-2H3/t16-,17-,18+,19+,20+,21+/m1/s1. The van der Waals surface area contributed by atoms with Crippen molar-refractivity contribution < 1.29 is 0 Å². The van der Waals surface area contributed by atoms with Crippen molar-refractivity contribution in [2.24, 2.45) is 34.5 Å². The quantitative estimate of drug-likeness (QED) is 0.518. The Balaban J connectivity index is 1.63. The van der Waals surface area contributed by atoms with Crippen molar-refractivity contribution in [3.8, 4) is 0 Å². The van der Waals surface area contributed by atoms with E-state index in [0.29, 0.717) is 5.41 Å². The summed E-state index contributed by atoms with van der Waals surface area (Å²) < 4.78 is 0. The molecule has 0 heteroatoms. The average molecular weight is 287 g/mol. The maximum Gasteiger partial charge on any atom is -0.0229 e. The molecule has 0 amide bonds. The maximum absolute atomic E-state index is 2.67. The van der Waals surface area contributed by atoms with Gasteiger partial charge in [0.1, 0.15) is 0 Å². The van der Waals surface area contributed by atoms with Crippen LogP contribution in [0, 0.1) is 34.5 Å². The SMILES string of the molecule is CCC[C@@]12CCC[C@H]1[C@@H]1CC[C@H]3CC=CC[C@]3(C)[C@H]1CC2. The molecule has 6 atom stereocenters. The molecule has 0 heterocycles. The fourth-order valence-corrected chi connectivity index (χ4v) is 7.57. The van der Waals surface area contributed by atoms with Crippen LogP contribution in [0.3, 0.4) is 0 Å². The number of rotatable bonds is 2. The van der Waals surface area contributed by atoms with E-state index in [1.54, 1.807) is 32.1 Å². The normalized spacial score (nSPS) is 52.1. The van der Waals surface area contributed by atoms with Crippen molar-refractivity contribution in [2.75, 3.05) is 0 Å². The van der Waals surface area contributed by atoms with E-state index in [0.717, 1.165) is 29.1 Å². The molecule has 0 aromatic rings. The van der Waals surface area contributed by atoms with Crippen molar-refractivity contribution in [1.29, 1.82) is 0 Å². The summed E-state index contributed by atoms with van der Waals surface area (Å²) in [5.41, 5.74) is 1.43. The van der Waals surface area contributed by atoms with Gasteiger partial charge in [-0.3, -0.25) is 0 Å². The zero-order chi connectivity index (χ0) is 14.5. The molecule has 0 unspecified atom stereocenters. The van der Waals surface area contributed by atoms with E-state index >= 15 is 0 Å². The number of fused-ring (bicyclic) bond motifs is 5. The first-order valence-electron chi connectivity index (χ1n) is 9.85. The molecule has 4 aliphatic rings. The predicted octanol–water partition coefficient (Wildman–Crippen LogP) is 6.37. The minimum absolute atomic E-state index is 0.651. The van der Waals surface area contributed by atoms with E-state index in [9.17, 15) is 0 Å². The summed E-state index contributed by atoms with van der Waals surface area (Å²) in [6, 6.07) is 0. The van der Waals surface area contributed by atoms with Gasteiger partial charge >= 0.3 is 0 Å². The molecule has 3 fully saturated rings. The van der Waals surface area contributed by atoms with Crippen molar-refractivity contribution in [1.82, 2.24) is 0 Å². The summed E-state index contributed by atoms with van der Waals surface area (Å²) in [6.07, 6.45) is 21.6. The van der Waals surface area contributed by atoms with Crippen LogP contribution in [-0.2, 0) is 0 Å². The molecule has 0 bridgehead atoms. The minimum Gasteiger partial charge on any atom is -0.0882 e. The van der Waals surface area contributed by atoms with Crippen molar-refractivity contribution >= 4 is 0 Å². The van der Waals surface area contributed by atoms with Crippen molar-refractivity contribution in [2.45, 2.75) is 84.5 Å². The Kier molecular flexibility index (Phi) is 3.51. The first-order valence-corrected chi connectivity index (χ1v) is 9.85. The first kappa shape index (κ1) is 14.3. The van der Waals surface area contributed by atoms with Gasteiger partial charge < -0.3 is 0 Å². The average Bonchev–Trinajstić information content (AvgIpc) is 2.91. The van der Waals surface area contributed by atoms with Crippen molar-refractivity contribution in [3.05, 3.63) is 12.2 Å². The van der Waals surface area contributed by atoms with E-state index in [4.69, 9.17) is 0 Å². The highest BCUT2D eigenvalue weighted by Crippen LogP contribution is 2.66. The summed E-state index contributed by atoms with van der Waals surface area (Å²) in [5, 5.41) is 0. The topological polar surface area (TPSA) is 0 Å². The van der Waals surface area contributed by atoms with Gasteiger partial charge in [0, 0.05) is 0 Å². The third-order valence-corrected chi connectivity index (χ3v) is 8.48. The molecular formula is C21H34. The Bertz CT molecular complexity index is 422. The van der Waals surface area contributed by atoms with Gasteiger partial charge in [-0.15, -0.1) is 0 Å². The predicted molar refractivity (Wildman–Crippen MR) is 90.1 cm³/mol. The van der Waals surface area contributed by atoms with Gasteiger partial charge in [-0.05, 0) is 92.3 Å². The number of hydrogen-bond acceptors (Lipinski definition) is 0. The second kappa shape index (κ2) is 5.14. The zero-order valence-electron chi connectivity index (χ0n) is 14.2. The molecule has 4 aliphatic carbocycles. The Morgan fingerprint density at radius 2 is 1.90 bits per heavy atom. The first-order chi connectivity index (χ1) is 10.2. The third kappa shape index (κ3) is 2.00.